The number of ether oxygens (including phenoxy) is 3. The molecule has 5 atom stereocenters. The van der Waals surface area contributed by atoms with E-state index in [4.69, 9.17) is 14.2 Å². The maximum absolute atomic E-state index is 13.5. The standard InChI is InChI=1S/C35H41N5O15/c1-19(2)27(32(49)39-40(16-26(45)46)33(50)28-29(55-28)34(51)53-17-20-9-5-3-6-10-20)38-30(47)22(13-14-24(41)42)36-31(48)23(15-25(43)44)37-35(52)54-18-21-11-7-4-8-12-21/h3-12,19,22-23,27-29H,13-18H2,1-2H3,(H,36,48)(H,37,52)(H,38,47)(H,39,49)(H,41,42)(H,43,44)(H,45,46)/t22?,23?,27?,28-,29-/m1/s1. The predicted molar refractivity (Wildman–Crippen MR) is 184 cm³/mol. The fraction of sp³-hybridized carbons (Fsp3) is 0.400. The third kappa shape index (κ3) is 14.4. The number of carboxylic acids is 3. The van der Waals surface area contributed by atoms with Crippen LogP contribution in [0.25, 0.3) is 0 Å². The average molecular weight is 772 g/mol. The first-order valence-corrected chi connectivity index (χ1v) is 16.8. The third-order valence-electron chi connectivity index (χ3n) is 7.72. The second kappa shape index (κ2) is 20.6. The van der Waals surface area contributed by atoms with Gasteiger partial charge < -0.3 is 45.5 Å². The number of carboxylic acid groups (broad SMARTS) is 3. The van der Waals surface area contributed by atoms with E-state index in [-0.39, 0.29) is 13.2 Å². The number of hydrogen-bond donors (Lipinski definition) is 7. The number of esters is 1. The van der Waals surface area contributed by atoms with Gasteiger partial charge in [0.1, 0.15) is 37.9 Å². The van der Waals surface area contributed by atoms with Crippen molar-refractivity contribution in [2.45, 2.75) is 76.7 Å². The number of rotatable bonds is 20. The van der Waals surface area contributed by atoms with Crippen LogP contribution in [0.2, 0.25) is 0 Å². The Morgan fingerprint density at radius 3 is 1.78 bits per heavy atom. The van der Waals surface area contributed by atoms with E-state index in [2.05, 4.69) is 21.4 Å². The highest BCUT2D eigenvalue weighted by Gasteiger charge is 2.54. The van der Waals surface area contributed by atoms with Crippen LogP contribution in [0, 0.1) is 5.92 Å². The van der Waals surface area contributed by atoms with E-state index in [9.17, 15) is 58.5 Å². The lowest BCUT2D eigenvalue weighted by Gasteiger charge is -2.28. The molecular weight excluding hydrogens is 730 g/mol. The van der Waals surface area contributed by atoms with Crippen LogP contribution < -0.4 is 21.4 Å². The monoisotopic (exact) mass is 771 g/mol. The molecule has 5 amide bonds. The summed E-state index contributed by atoms with van der Waals surface area (Å²) in [6, 6.07) is 12.0. The largest absolute Gasteiger partial charge is 0.481 e. The Kier molecular flexibility index (Phi) is 16.1. The van der Waals surface area contributed by atoms with E-state index in [1.807, 2.05) is 0 Å². The number of carbonyl (C=O) groups is 9. The number of amides is 5. The molecule has 1 saturated heterocycles. The van der Waals surface area contributed by atoms with Gasteiger partial charge >= 0.3 is 30.0 Å². The first-order valence-electron chi connectivity index (χ1n) is 16.8. The molecule has 3 rings (SSSR count). The molecule has 20 heteroatoms. The summed E-state index contributed by atoms with van der Waals surface area (Å²) in [4.78, 5) is 113. The molecule has 7 N–H and O–H groups in total. The molecule has 0 aromatic heterocycles. The molecule has 2 aromatic rings. The van der Waals surface area contributed by atoms with Crippen LogP contribution in [0.1, 0.15) is 44.2 Å². The quantitative estimate of drug-likeness (QED) is 0.0517. The van der Waals surface area contributed by atoms with Gasteiger partial charge in [0, 0.05) is 6.42 Å². The number of alkyl carbamates (subject to hydrolysis) is 1. The van der Waals surface area contributed by atoms with Gasteiger partial charge in [0.2, 0.25) is 11.8 Å². The number of hydrogen-bond acceptors (Lipinski definition) is 12. The van der Waals surface area contributed by atoms with Gasteiger partial charge in [-0.1, -0.05) is 74.5 Å². The van der Waals surface area contributed by atoms with Crippen molar-refractivity contribution in [1.82, 2.24) is 26.4 Å². The molecule has 296 valence electrons. The topological polar surface area (TPSA) is 297 Å². The summed E-state index contributed by atoms with van der Waals surface area (Å²) >= 11 is 0. The molecule has 1 heterocycles. The normalized spacial score (nSPS) is 15.9. The van der Waals surface area contributed by atoms with Gasteiger partial charge in [-0.05, 0) is 23.5 Å². The SMILES string of the molecule is CC(C)C(NC(=O)C(CCC(=O)O)NC(=O)C(CC(=O)O)NC(=O)OCc1ccccc1)C(=O)NN(CC(=O)O)C(=O)[C@@H]1O[C@H]1C(=O)OCc1ccccc1. The zero-order valence-corrected chi connectivity index (χ0v) is 29.7. The highest BCUT2D eigenvalue weighted by Crippen LogP contribution is 2.26. The van der Waals surface area contributed by atoms with E-state index in [0.29, 0.717) is 16.1 Å². The number of nitrogens with one attached hydrogen (secondary N) is 4. The summed E-state index contributed by atoms with van der Waals surface area (Å²) in [6.45, 7) is 1.50. The predicted octanol–water partition coefficient (Wildman–Crippen LogP) is -0.298. The maximum atomic E-state index is 13.5. The third-order valence-corrected chi connectivity index (χ3v) is 7.72. The Morgan fingerprint density at radius 2 is 1.25 bits per heavy atom. The fourth-order valence-electron chi connectivity index (χ4n) is 4.84. The fourth-order valence-corrected chi connectivity index (χ4v) is 4.84. The first kappa shape index (κ1) is 42.8. The zero-order valence-electron chi connectivity index (χ0n) is 29.7. The van der Waals surface area contributed by atoms with Crippen LogP contribution in [-0.2, 0) is 65.8 Å². The van der Waals surface area contributed by atoms with Crippen molar-refractivity contribution in [2.24, 2.45) is 5.92 Å². The second-order valence-corrected chi connectivity index (χ2v) is 12.4. The van der Waals surface area contributed by atoms with Gasteiger partial charge in [0.25, 0.3) is 11.8 Å². The van der Waals surface area contributed by atoms with Crippen molar-refractivity contribution < 1.29 is 72.7 Å². The van der Waals surface area contributed by atoms with Crippen molar-refractivity contribution in [3.05, 3.63) is 71.8 Å². The maximum Gasteiger partial charge on any atom is 0.408 e. The summed E-state index contributed by atoms with van der Waals surface area (Å²) in [5.74, 6) is -10.7. The van der Waals surface area contributed by atoms with E-state index >= 15 is 0 Å². The molecule has 0 radical (unpaired) electrons. The minimum absolute atomic E-state index is 0.127. The number of aliphatic carboxylic acids is 3. The van der Waals surface area contributed by atoms with Crippen molar-refractivity contribution in [2.75, 3.05) is 6.54 Å². The summed E-state index contributed by atoms with van der Waals surface area (Å²) in [6.07, 6.45) is -6.23. The number of nitrogens with zero attached hydrogens (tertiary/aromatic N) is 1. The molecule has 55 heavy (non-hydrogen) atoms. The van der Waals surface area contributed by atoms with Crippen molar-refractivity contribution in [3.63, 3.8) is 0 Å². The molecule has 0 spiro atoms. The molecule has 1 fully saturated rings. The average Bonchev–Trinajstić information content (AvgIpc) is 3.94. The molecule has 1 aliphatic rings. The second-order valence-electron chi connectivity index (χ2n) is 12.4. The lowest BCUT2D eigenvalue weighted by atomic mass is 10.0. The highest BCUT2D eigenvalue weighted by atomic mass is 16.6. The molecule has 3 unspecified atom stereocenters. The number of carbonyl (C=O) groups excluding carboxylic acids is 6. The van der Waals surface area contributed by atoms with Gasteiger partial charge in [0.05, 0.1) is 6.42 Å². The van der Waals surface area contributed by atoms with Gasteiger partial charge in [-0.15, -0.1) is 0 Å². The van der Waals surface area contributed by atoms with Crippen LogP contribution >= 0.6 is 0 Å². The van der Waals surface area contributed by atoms with Crippen LogP contribution in [0.3, 0.4) is 0 Å². The highest BCUT2D eigenvalue weighted by molar-refractivity contribution is 5.97. The number of hydrazine groups is 1. The zero-order chi connectivity index (χ0) is 40.7. The first-order chi connectivity index (χ1) is 26.0. The van der Waals surface area contributed by atoms with Gasteiger partial charge in [-0.2, -0.15) is 0 Å². The number of epoxide rings is 1. The Balaban J connectivity index is 1.68. The summed E-state index contributed by atoms with van der Waals surface area (Å²) in [7, 11) is 0. The molecule has 20 nitrogen and oxygen atoms in total. The lowest BCUT2D eigenvalue weighted by Crippen LogP contribution is -2.60. The molecule has 2 aromatic carbocycles. The van der Waals surface area contributed by atoms with Gasteiger partial charge in [-0.3, -0.25) is 39.0 Å². The Morgan fingerprint density at radius 1 is 0.691 bits per heavy atom. The molecule has 0 bridgehead atoms. The molecular formula is C35H41N5O15. The van der Waals surface area contributed by atoms with Crippen LogP contribution in [-0.4, -0.2) is 111 Å². The Hall–Kier alpha value is -6.57. The van der Waals surface area contributed by atoms with Crippen LogP contribution in [0.4, 0.5) is 4.79 Å². The van der Waals surface area contributed by atoms with Gasteiger partial charge in [-0.25, -0.2) is 14.6 Å². The van der Waals surface area contributed by atoms with Gasteiger partial charge in [0.15, 0.2) is 12.2 Å². The van der Waals surface area contributed by atoms with E-state index < -0.39 is 116 Å². The summed E-state index contributed by atoms with van der Waals surface area (Å²) < 4.78 is 15.3. The minimum Gasteiger partial charge on any atom is -0.481 e. The Bertz CT molecular complexity index is 1720. The van der Waals surface area contributed by atoms with E-state index in [1.165, 1.54) is 13.8 Å². The molecule has 0 saturated carbocycles. The number of benzene rings is 2. The van der Waals surface area contributed by atoms with Crippen molar-refractivity contribution in [1.29, 1.82) is 0 Å². The minimum atomic E-state index is -1.79. The Labute approximate surface area is 313 Å². The molecule has 1 aliphatic heterocycles. The van der Waals surface area contributed by atoms with E-state index in [0.717, 1.165) is 0 Å². The lowest BCUT2D eigenvalue weighted by molar-refractivity contribution is -0.151. The molecule has 0 aliphatic carbocycles. The summed E-state index contributed by atoms with van der Waals surface area (Å²) in [5.41, 5.74) is 3.34. The summed E-state index contributed by atoms with van der Waals surface area (Å²) in [5, 5.41) is 35.0. The van der Waals surface area contributed by atoms with Crippen LogP contribution in [0.15, 0.2) is 60.7 Å². The van der Waals surface area contributed by atoms with Crippen LogP contribution in [0.5, 0.6) is 0 Å². The van der Waals surface area contributed by atoms with E-state index in [1.54, 1.807) is 60.7 Å². The van der Waals surface area contributed by atoms with Crippen molar-refractivity contribution in [3.8, 4) is 0 Å². The smallest absolute Gasteiger partial charge is 0.408 e. The van der Waals surface area contributed by atoms with Crippen molar-refractivity contribution >= 4 is 53.6 Å².